The average Bonchev–Trinajstić information content (AvgIpc) is 2.82. The molecule has 0 saturated heterocycles. The Morgan fingerprint density at radius 1 is 1.33 bits per heavy atom. The first kappa shape index (κ1) is 16.3. The van der Waals surface area contributed by atoms with E-state index in [0.717, 1.165) is 29.5 Å². The van der Waals surface area contributed by atoms with Gasteiger partial charge in [-0.3, -0.25) is 0 Å². The minimum absolute atomic E-state index is 0.224. The van der Waals surface area contributed by atoms with E-state index in [2.05, 4.69) is 36.7 Å². The summed E-state index contributed by atoms with van der Waals surface area (Å²) < 4.78 is 2.15. The van der Waals surface area contributed by atoms with E-state index in [4.69, 9.17) is 4.98 Å². The van der Waals surface area contributed by atoms with Crippen LogP contribution in [0.5, 0.6) is 0 Å². The van der Waals surface area contributed by atoms with Crippen LogP contribution in [0, 0.1) is 11.8 Å². The van der Waals surface area contributed by atoms with Crippen molar-refractivity contribution in [2.24, 2.45) is 11.8 Å². The molecule has 0 aliphatic rings. The fraction of sp³-hybridized carbons (Fsp3) is 0.562. The number of pyridine rings is 1. The minimum atomic E-state index is 0.224. The fourth-order valence-electron chi connectivity index (χ4n) is 2.05. The Bertz CT molecular complexity index is 568. The summed E-state index contributed by atoms with van der Waals surface area (Å²) in [5, 5.41) is 13.7. The second kappa shape index (κ2) is 7.82. The monoisotopic (exact) mass is 307 g/mol. The third kappa shape index (κ3) is 4.46. The van der Waals surface area contributed by atoms with E-state index in [1.165, 1.54) is 5.69 Å². The lowest BCUT2D eigenvalue weighted by Crippen LogP contribution is -2.20. The van der Waals surface area contributed by atoms with Gasteiger partial charge in [-0.2, -0.15) is 0 Å². The van der Waals surface area contributed by atoms with E-state index >= 15 is 0 Å². The first-order chi connectivity index (χ1) is 10.1. The zero-order valence-electron chi connectivity index (χ0n) is 13.0. The molecule has 116 valence electrons. The van der Waals surface area contributed by atoms with Gasteiger partial charge in [0, 0.05) is 25.1 Å². The molecule has 0 aliphatic heterocycles. The molecule has 2 aromatic rings. The lowest BCUT2D eigenvalue weighted by Gasteiger charge is -2.10. The van der Waals surface area contributed by atoms with E-state index in [1.807, 2.05) is 18.2 Å². The molecule has 0 saturated carbocycles. The van der Waals surface area contributed by atoms with E-state index in [1.54, 1.807) is 11.8 Å². The van der Waals surface area contributed by atoms with Crippen LogP contribution < -0.4 is 5.32 Å². The Morgan fingerprint density at radius 2 is 2.14 bits per heavy atom. The van der Waals surface area contributed by atoms with Crippen LogP contribution in [-0.2, 0) is 6.54 Å². The molecule has 2 heterocycles. The van der Waals surface area contributed by atoms with E-state index in [9.17, 15) is 5.11 Å². The van der Waals surface area contributed by atoms with Gasteiger partial charge in [0.25, 0.3) is 0 Å². The molecule has 0 spiro atoms. The molecular formula is C16H25N3OS. The highest BCUT2D eigenvalue weighted by atomic mass is 32.2. The summed E-state index contributed by atoms with van der Waals surface area (Å²) in [5.41, 5.74) is 2.19. The number of nitrogens with one attached hydrogen (secondary N) is 1. The molecule has 5 heteroatoms. The maximum Gasteiger partial charge on any atom is 0.138 e. The van der Waals surface area contributed by atoms with Crippen LogP contribution >= 0.6 is 11.8 Å². The highest BCUT2D eigenvalue weighted by molar-refractivity contribution is 7.99. The number of aliphatic hydroxyl groups is 1. The maximum atomic E-state index is 9.17. The van der Waals surface area contributed by atoms with Crippen LogP contribution in [0.3, 0.4) is 0 Å². The zero-order valence-corrected chi connectivity index (χ0v) is 13.9. The normalized spacial score (nSPS) is 13.2. The number of fused-ring (bicyclic) bond motifs is 1. The van der Waals surface area contributed by atoms with Crippen LogP contribution in [0.1, 0.15) is 26.5 Å². The number of nitrogens with zero attached hydrogens (tertiary/aromatic N) is 2. The third-order valence-corrected chi connectivity index (χ3v) is 4.59. The highest BCUT2D eigenvalue weighted by Crippen LogP contribution is 2.25. The van der Waals surface area contributed by atoms with Crippen molar-refractivity contribution in [3.05, 3.63) is 30.1 Å². The molecule has 0 aromatic carbocycles. The van der Waals surface area contributed by atoms with Crippen LogP contribution in [0.2, 0.25) is 0 Å². The molecule has 0 amide bonds. The lowest BCUT2D eigenvalue weighted by molar-refractivity contribution is 0.250. The second-order valence-corrected chi connectivity index (χ2v) is 6.92. The Kier molecular flexibility index (Phi) is 6.08. The summed E-state index contributed by atoms with van der Waals surface area (Å²) >= 11 is 1.73. The van der Waals surface area contributed by atoms with E-state index in [0.29, 0.717) is 5.92 Å². The van der Waals surface area contributed by atoms with Crippen molar-refractivity contribution >= 4 is 17.4 Å². The number of rotatable bonds is 8. The Balaban J connectivity index is 2.17. The standard InChI is InChI=1S/C16H25N3OS/c1-12(2)8-17-9-14-16(21-11-13(3)10-20)18-15-6-4-5-7-19(14)15/h4-7,12-13,17,20H,8-11H2,1-3H3. The molecule has 0 aliphatic carbocycles. The van der Waals surface area contributed by atoms with Crippen molar-refractivity contribution < 1.29 is 5.11 Å². The summed E-state index contributed by atoms with van der Waals surface area (Å²) in [4.78, 5) is 4.72. The third-order valence-electron chi connectivity index (χ3n) is 3.25. The first-order valence-corrected chi connectivity index (χ1v) is 8.50. The van der Waals surface area contributed by atoms with Crippen molar-refractivity contribution in [2.45, 2.75) is 32.3 Å². The quantitative estimate of drug-likeness (QED) is 0.736. The summed E-state index contributed by atoms with van der Waals surface area (Å²) in [6.07, 6.45) is 2.06. The van der Waals surface area contributed by atoms with Gasteiger partial charge in [0.15, 0.2) is 0 Å². The van der Waals surface area contributed by atoms with Gasteiger partial charge < -0.3 is 14.8 Å². The van der Waals surface area contributed by atoms with Crippen molar-refractivity contribution in [2.75, 3.05) is 18.9 Å². The Morgan fingerprint density at radius 3 is 2.86 bits per heavy atom. The van der Waals surface area contributed by atoms with Crippen LogP contribution in [-0.4, -0.2) is 33.4 Å². The van der Waals surface area contributed by atoms with Crippen molar-refractivity contribution in [1.82, 2.24) is 14.7 Å². The molecular weight excluding hydrogens is 282 g/mol. The second-order valence-electron chi connectivity index (χ2n) is 5.92. The molecule has 0 bridgehead atoms. The number of aliphatic hydroxyl groups excluding tert-OH is 1. The summed E-state index contributed by atoms with van der Waals surface area (Å²) in [6.45, 7) is 8.51. The lowest BCUT2D eigenvalue weighted by atomic mass is 10.2. The predicted octanol–water partition coefficient (Wildman–Crippen LogP) is 2.80. The Hall–Kier alpha value is -1.04. The summed E-state index contributed by atoms with van der Waals surface area (Å²) in [6, 6.07) is 6.08. The van der Waals surface area contributed by atoms with Gasteiger partial charge in [0.2, 0.25) is 0 Å². The van der Waals surface area contributed by atoms with Gasteiger partial charge in [-0.05, 0) is 30.5 Å². The molecule has 2 aromatic heterocycles. The first-order valence-electron chi connectivity index (χ1n) is 7.52. The topological polar surface area (TPSA) is 49.6 Å². The van der Waals surface area contributed by atoms with Crippen LogP contribution in [0.15, 0.2) is 29.4 Å². The average molecular weight is 307 g/mol. The molecule has 2 rings (SSSR count). The van der Waals surface area contributed by atoms with Gasteiger partial charge in [0.1, 0.15) is 10.7 Å². The smallest absolute Gasteiger partial charge is 0.138 e. The molecule has 1 atom stereocenters. The van der Waals surface area contributed by atoms with Crippen molar-refractivity contribution in [1.29, 1.82) is 0 Å². The number of aromatic nitrogens is 2. The van der Waals surface area contributed by atoms with E-state index in [-0.39, 0.29) is 12.5 Å². The molecule has 0 fully saturated rings. The minimum Gasteiger partial charge on any atom is -0.396 e. The highest BCUT2D eigenvalue weighted by Gasteiger charge is 2.13. The summed E-state index contributed by atoms with van der Waals surface area (Å²) in [7, 11) is 0. The molecule has 0 radical (unpaired) electrons. The molecule has 4 nitrogen and oxygen atoms in total. The largest absolute Gasteiger partial charge is 0.396 e. The maximum absolute atomic E-state index is 9.17. The van der Waals surface area contributed by atoms with Crippen molar-refractivity contribution in [3.63, 3.8) is 0 Å². The molecule has 2 N–H and O–H groups in total. The van der Waals surface area contributed by atoms with Gasteiger partial charge >= 0.3 is 0 Å². The number of hydrogen-bond donors (Lipinski definition) is 2. The van der Waals surface area contributed by atoms with E-state index < -0.39 is 0 Å². The van der Waals surface area contributed by atoms with Gasteiger partial charge in [-0.1, -0.05) is 26.8 Å². The number of imidazole rings is 1. The SMILES string of the molecule is CC(C)CNCc1c(SCC(C)CO)nc2ccccn12. The Labute approximate surface area is 131 Å². The molecule has 21 heavy (non-hydrogen) atoms. The number of hydrogen-bond acceptors (Lipinski definition) is 4. The van der Waals surface area contributed by atoms with Crippen molar-refractivity contribution in [3.8, 4) is 0 Å². The van der Waals surface area contributed by atoms with Gasteiger partial charge in [-0.25, -0.2) is 4.98 Å². The van der Waals surface area contributed by atoms with Crippen LogP contribution in [0.4, 0.5) is 0 Å². The zero-order chi connectivity index (χ0) is 15.2. The molecule has 1 unspecified atom stereocenters. The fourth-order valence-corrected chi connectivity index (χ4v) is 3.10. The number of thioether (sulfide) groups is 1. The predicted molar refractivity (Wildman–Crippen MR) is 88.7 cm³/mol. The summed E-state index contributed by atoms with van der Waals surface area (Å²) in [5.74, 6) is 1.81. The van der Waals surface area contributed by atoms with Crippen LogP contribution in [0.25, 0.3) is 5.65 Å². The van der Waals surface area contributed by atoms with Gasteiger partial charge in [-0.15, -0.1) is 11.8 Å². The van der Waals surface area contributed by atoms with Gasteiger partial charge in [0.05, 0.1) is 5.69 Å².